The Balaban J connectivity index is 2.14. The van der Waals surface area contributed by atoms with Crippen molar-refractivity contribution < 1.29 is 9.13 Å². The van der Waals surface area contributed by atoms with E-state index in [9.17, 15) is 4.39 Å². The molecule has 0 N–H and O–H groups in total. The van der Waals surface area contributed by atoms with Gasteiger partial charge in [-0.05, 0) is 42.0 Å². The molecule has 19 heavy (non-hydrogen) atoms. The van der Waals surface area contributed by atoms with Crippen LogP contribution < -0.4 is 4.74 Å². The fourth-order valence-corrected chi connectivity index (χ4v) is 2.78. The molecular weight excluding hydrogens is 398 g/mol. The summed E-state index contributed by atoms with van der Waals surface area (Å²) in [6, 6.07) is 10.3. The van der Waals surface area contributed by atoms with Crippen molar-refractivity contribution in [3.05, 3.63) is 62.3 Å². The number of halogens is 4. The van der Waals surface area contributed by atoms with Crippen molar-refractivity contribution in [3.8, 4) is 5.75 Å². The largest absolute Gasteiger partial charge is 0.489 e. The van der Waals surface area contributed by atoms with Crippen LogP contribution in [0, 0.1) is 5.82 Å². The summed E-state index contributed by atoms with van der Waals surface area (Å²) in [6.45, 7) is 0.294. The molecule has 0 spiro atoms. The molecule has 0 unspecified atom stereocenters. The minimum absolute atomic E-state index is 0.290. The molecule has 0 radical (unpaired) electrons. The Kier molecular flexibility index (Phi) is 5.25. The average Bonchev–Trinajstić information content (AvgIpc) is 2.36. The molecule has 0 saturated heterocycles. The van der Waals surface area contributed by atoms with Gasteiger partial charge in [-0.15, -0.1) is 11.6 Å². The molecule has 0 fully saturated rings. The molecule has 0 aliphatic heterocycles. The lowest BCUT2D eigenvalue weighted by Crippen LogP contribution is -1.98. The molecule has 0 amide bonds. The van der Waals surface area contributed by atoms with Crippen LogP contribution in [0.5, 0.6) is 5.75 Å². The fourth-order valence-electron chi connectivity index (χ4n) is 1.65. The molecular formula is C14H10Br2ClFO. The molecule has 2 aromatic rings. The second-order valence-electron chi connectivity index (χ2n) is 3.95. The highest BCUT2D eigenvalue weighted by Gasteiger charge is 2.05. The lowest BCUT2D eigenvalue weighted by atomic mass is 10.2. The summed E-state index contributed by atoms with van der Waals surface area (Å²) < 4.78 is 20.6. The van der Waals surface area contributed by atoms with Crippen LogP contribution in [0.3, 0.4) is 0 Å². The van der Waals surface area contributed by atoms with Crippen molar-refractivity contribution in [2.75, 3.05) is 0 Å². The number of hydrogen-bond acceptors (Lipinski definition) is 1. The topological polar surface area (TPSA) is 9.23 Å². The fraction of sp³-hybridized carbons (Fsp3) is 0.143. The monoisotopic (exact) mass is 406 g/mol. The highest BCUT2D eigenvalue weighted by Crippen LogP contribution is 2.26. The first kappa shape index (κ1) is 14.8. The molecule has 1 nitrogen and oxygen atoms in total. The molecule has 2 aromatic carbocycles. The molecule has 0 saturated carbocycles. The summed E-state index contributed by atoms with van der Waals surface area (Å²) in [5.41, 5.74) is 1.65. The van der Waals surface area contributed by atoms with Crippen LogP contribution in [0.25, 0.3) is 0 Å². The van der Waals surface area contributed by atoms with Gasteiger partial charge < -0.3 is 4.74 Å². The summed E-state index contributed by atoms with van der Waals surface area (Å²) >= 11 is 12.5. The van der Waals surface area contributed by atoms with E-state index in [4.69, 9.17) is 16.3 Å². The third-order valence-electron chi connectivity index (χ3n) is 2.48. The minimum Gasteiger partial charge on any atom is -0.489 e. The van der Waals surface area contributed by atoms with Crippen molar-refractivity contribution >= 4 is 43.5 Å². The molecule has 0 bridgehead atoms. The molecule has 0 aliphatic carbocycles. The number of benzene rings is 2. The van der Waals surface area contributed by atoms with Gasteiger partial charge in [0, 0.05) is 14.5 Å². The molecule has 5 heteroatoms. The second-order valence-corrected chi connectivity index (χ2v) is 6.05. The molecule has 0 heterocycles. The zero-order valence-electron chi connectivity index (χ0n) is 9.80. The zero-order valence-corrected chi connectivity index (χ0v) is 13.7. The van der Waals surface area contributed by atoms with E-state index in [1.165, 1.54) is 12.1 Å². The minimum atomic E-state index is -0.290. The van der Waals surface area contributed by atoms with Gasteiger partial charge in [-0.2, -0.15) is 0 Å². The van der Waals surface area contributed by atoms with Crippen molar-refractivity contribution in [1.29, 1.82) is 0 Å². The first-order valence-electron chi connectivity index (χ1n) is 5.50. The SMILES string of the molecule is Fc1cc(Br)cc(COc2ccc(Br)cc2CCl)c1. The Hall–Kier alpha value is -0.580. The van der Waals surface area contributed by atoms with Crippen LogP contribution in [0.4, 0.5) is 4.39 Å². The van der Waals surface area contributed by atoms with Crippen LogP contribution in [0.1, 0.15) is 11.1 Å². The smallest absolute Gasteiger partial charge is 0.124 e. The number of ether oxygens (including phenoxy) is 1. The number of rotatable bonds is 4. The van der Waals surface area contributed by atoms with E-state index in [0.29, 0.717) is 22.7 Å². The molecule has 100 valence electrons. The Labute approximate surface area is 133 Å². The van der Waals surface area contributed by atoms with Crippen LogP contribution in [0.2, 0.25) is 0 Å². The van der Waals surface area contributed by atoms with Crippen molar-refractivity contribution in [1.82, 2.24) is 0 Å². The van der Waals surface area contributed by atoms with Crippen LogP contribution in [0.15, 0.2) is 45.3 Å². The van der Waals surface area contributed by atoms with Gasteiger partial charge in [-0.25, -0.2) is 4.39 Å². The van der Waals surface area contributed by atoms with Crippen LogP contribution >= 0.6 is 43.5 Å². The Morgan fingerprint density at radius 1 is 1.05 bits per heavy atom. The molecule has 0 aliphatic rings. The van der Waals surface area contributed by atoms with Gasteiger partial charge in [0.25, 0.3) is 0 Å². The zero-order chi connectivity index (χ0) is 13.8. The summed E-state index contributed by atoms with van der Waals surface area (Å²) in [5, 5.41) is 0. The van der Waals surface area contributed by atoms with Crippen LogP contribution in [-0.2, 0) is 12.5 Å². The van der Waals surface area contributed by atoms with Gasteiger partial charge >= 0.3 is 0 Å². The first-order chi connectivity index (χ1) is 9.08. The maximum absolute atomic E-state index is 13.2. The maximum atomic E-state index is 13.2. The number of alkyl halides is 1. The molecule has 0 atom stereocenters. The van der Waals surface area contributed by atoms with Gasteiger partial charge in [-0.3, -0.25) is 0 Å². The summed E-state index contributed by atoms with van der Waals surface area (Å²) in [6.07, 6.45) is 0. The predicted molar refractivity (Wildman–Crippen MR) is 82.1 cm³/mol. The average molecular weight is 408 g/mol. The van der Waals surface area contributed by atoms with E-state index in [1.54, 1.807) is 0 Å². The third-order valence-corrected chi connectivity index (χ3v) is 3.72. The third kappa shape index (κ3) is 4.20. The molecule has 0 aromatic heterocycles. The number of hydrogen-bond donors (Lipinski definition) is 0. The van der Waals surface area contributed by atoms with Gasteiger partial charge in [0.05, 0.1) is 5.88 Å². The van der Waals surface area contributed by atoms with Crippen LogP contribution in [-0.4, -0.2) is 0 Å². The van der Waals surface area contributed by atoms with Crippen molar-refractivity contribution in [3.63, 3.8) is 0 Å². The standard InChI is InChI=1S/C14H10Br2ClFO/c15-11-1-2-14(10(5-11)7-17)19-8-9-3-12(16)6-13(18)4-9/h1-6H,7-8H2. The lowest BCUT2D eigenvalue weighted by Gasteiger charge is -2.11. The van der Waals surface area contributed by atoms with Crippen molar-refractivity contribution in [2.45, 2.75) is 12.5 Å². The van der Waals surface area contributed by atoms with E-state index in [2.05, 4.69) is 31.9 Å². The summed E-state index contributed by atoms with van der Waals surface area (Å²) in [7, 11) is 0. The van der Waals surface area contributed by atoms with Gasteiger partial charge in [0.2, 0.25) is 0 Å². The van der Waals surface area contributed by atoms with E-state index < -0.39 is 0 Å². The Morgan fingerprint density at radius 3 is 2.53 bits per heavy atom. The van der Waals surface area contributed by atoms with E-state index in [-0.39, 0.29) is 5.82 Å². The summed E-state index contributed by atoms with van der Waals surface area (Å²) in [5.74, 6) is 0.779. The first-order valence-corrected chi connectivity index (χ1v) is 7.62. The maximum Gasteiger partial charge on any atom is 0.124 e. The van der Waals surface area contributed by atoms with E-state index >= 15 is 0 Å². The second kappa shape index (κ2) is 6.73. The van der Waals surface area contributed by atoms with Gasteiger partial charge in [-0.1, -0.05) is 31.9 Å². The quantitative estimate of drug-likeness (QED) is 0.593. The Bertz CT molecular complexity index is 569. The highest BCUT2D eigenvalue weighted by atomic mass is 79.9. The highest BCUT2D eigenvalue weighted by molar-refractivity contribution is 9.10. The van der Waals surface area contributed by atoms with E-state index in [1.807, 2.05) is 24.3 Å². The summed E-state index contributed by atoms with van der Waals surface area (Å²) in [4.78, 5) is 0. The predicted octanol–water partition coefficient (Wildman–Crippen LogP) is 5.67. The van der Waals surface area contributed by atoms with E-state index in [0.717, 1.165) is 15.6 Å². The molecule has 2 rings (SSSR count). The van der Waals surface area contributed by atoms with Gasteiger partial charge in [0.15, 0.2) is 0 Å². The van der Waals surface area contributed by atoms with Crippen molar-refractivity contribution in [2.24, 2.45) is 0 Å². The van der Waals surface area contributed by atoms with Gasteiger partial charge in [0.1, 0.15) is 18.2 Å². The lowest BCUT2D eigenvalue weighted by molar-refractivity contribution is 0.303. The normalized spacial score (nSPS) is 10.5. The Morgan fingerprint density at radius 2 is 1.84 bits per heavy atom.